The van der Waals surface area contributed by atoms with E-state index in [4.69, 9.17) is 14.2 Å². The predicted molar refractivity (Wildman–Crippen MR) is 98.3 cm³/mol. The van der Waals surface area contributed by atoms with Gasteiger partial charge in [0.25, 0.3) is 0 Å². The topological polar surface area (TPSA) is 56.8 Å². The average molecular weight is 349 g/mol. The van der Waals surface area contributed by atoms with Crippen molar-refractivity contribution < 1.29 is 19.0 Å². The minimum absolute atomic E-state index is 0.128. The molecule has 0 bridgehead atoms. The first-order chi connectivity index (χ1) is 12.0. The zero-order valence-electron chi connectivity index (χ0n) is 15.8. The minimum atomic E-state index is 0.128. The van der Waals surface area contributed by atoms with E-state index in [2.05, 4.69) is 31.3 Å². The molecule has 5 heteroatoms. The molecule has 1 aromatic carbocycles. The number of benzene rings is 1. The van der Waals surface area contributed by atoms with Crippen molar-refractivity contribution in [2.45, 2.75) is 51.5 Å². The lowest BCUT2D eigenvalue weighted by atomic mass is 9.68. The molecule has 5 nitrogen and oxygen atoms in total. The van der Waals surface area contributed by atoms with E-state index in [1.807, 2.05) is 6.07 Å². The van der Waals surface area contributed by atoms with Gasteiger partial charge >= 0.3 is 0 Å². The van der Waals surface area contributed by atoms with Crippen molar-refractivity contribution >= 4 is 6.41 Å². The van der Waals surface area contributed by atoms with Gasteiger partial charge in [0.2, 0.25) is 6.41 Å². The maximum atomic E-state index is 11.0. The largest absolute Gasteiger partial charge is 0.493 e. The summed E-state index contributed by atoms with van der Waals surface area (Å²) in [5.74, 6) is 1.94. The highest BCUT2D eigenvalue weighted by atomic mass is 16.5. The quantitative estimate of drug-likeness (QED) is 0.547. The number of amides is 1. The molecule has 0 radical (unpaired) electrons. The average Bonchev–Trinajstić information content (AvgIpc) is 2.60. The van der Waals surface area contributed by atoms with Crippen LogP contribution in [0.5, 0.6) is 11.5 Å². The van der Waals surface area contributed by atoms with Crippen LogP contribution in [-0.2, 0) is 9.53 Å². The molecule has 1 N–H and O–H groups in total. The van der Waals surface area contributed by atoms with Crippen molar-refractivity contribution in [3.8, 4) is 11.5 Å². The first-order valence-electron chi connectivity index (χ1n) is 9.01. The Bertz CT molecular complexity index is 559. The lowest BCUT2D eigenvalue weighted by Gasteiger charge is -2.42. The van der Waals surface area contributed by atoms with Crippen molar-refractivity contribution in [1.82, 2.24) is 5.32 Å². The summed E-state index contributed by atoms with van der Waals surface area (Å²) in [5.41, 5.74) is 1.37. The molecule has 2 rings (SSSR count). The highest BCUT2D eigenvalue weighted by Gasteiger charge is 2.36. The first-order valence-corrected chi connectivity index (χ1v) is 9.01. The van der Waals surface area contributed by atoms with Gasteiger partial charge in [0.1, 0.15) is 0 Å². The smallest absolute Gasteiger partial charge is 0.207 e. The Labute approximate surface area is 151 Å². The monoisotopic (exact) mass is 349 g/mol. The Kier molecular flexibility index (Phi) is 7.12. The van der Waals surface area contributed by atoms with Crippen LogP contribution in [-0.4, -0.2) is 39.9 Å². The van der Waals surface area contributed by atoms with Gasteiger partial charge in [-0.1, -0.05) is 19.9 Å². The van der Waals surface area contributed by atoms with Gasteiger partial charge in [-0.05, 0) is 48.3 Å². The lowest BCUT2D eigenvalue weighted by molar-refractivity contribution is -0.111. The van der Waals surface area contributed by atoms with E-state index in [9.17, 15) is 4.79 Å². The fourth-order valence-electron chi connectivity index (χ4n) is 3.57. The molecule has 1 aromatic rings. The molecular formula is C20H31NO4. The van der Waals surface area contributed by atoms with Crippen LogP contribution in [0.1, 0.15) is 51.0 Å². The number of carbonyl (C=O) groups excluding carboxylic acids is 1. The second-order valence-electron chi connectivity index (χ2n) is 7.40. The molecule has 1 saturated carbocycles. The van der Waals surface area contributed by atoms with Gasteiger partial charge < -0.3 is 19.5 Å². The number of rotatable bonds is 9. The molecule has 0 spiro atoms. The lowest BCUT2D eigenvalue weighted by Crippen LogP contribution is -2.45. The Morgan fingerprint density at radius 2 is 2.04 bits per heavy atom. The minimum Gasteiger partial charge on any atom is -0.493 e. The molecule has 0 saturated heterocycles. The molecule has 2 unspecified atom stereocenters. The van der Waals surface area contributed by atoms with Crippen LogP contribution >= 0.6 is 0 Å². The van der Waals surface area contributed by atoms with E-state index in [1.165, 1.54) is 5.56 Å². The van der Waals surface area contributed by atoms with Crippen LogP contribution in [0.15, 0.2) is 18.2 Å². The second kappa shape index (κ2) is 9.09. The van der Waals surface area contributed by atoms with Crippen molar-refractivity contribution in [1.29, 1.82) is 0 Å². The third-order valence-electron chi connectivity index (χ3n) is 5.28. The first kappa shape index (κ1) is 19.6. The summed E-state index contributed by atoms with van der Waals surface area (Å²) >= 11 is 0. The molecule has 0 aromatic heterocycles. The Morgan fingerprint density at radius 1 is 1.24 bits per heavy atom. The highest BCUT2D eigenvalue weighted by molar-refractivity contribution is 5.47. The second-order valence-corrected chi connectivity index (χ2v) is 7.40. The molecule has 1 amide bonds. The van der Waals surface area contributed by atoms with Crippen molar-refractivity contribution in [3.05, 3.63) is 23.8 Å². The van der Waals surface area contributed by atoms with E-state index in [0.717, 1.165) is 43.6 Å². The molecule has 1 fully saturated rings. The maximum absolute atomic E-state index is 11.0. The van der Waals surface area contributed by atoms with Gasteiger partial charge in [-0.2, -0.15) is 0 Å². The SMILES string of the molecule is COCCCOc1cc(C2CCC(C)(C)C(NC=O)C2)ccc1OC. The number of hydrogen-bond donors (Lipinski definition) is 1. The molecule has 0 heterocycles. The summed E-state index contributed by atoms with van der Waals surface area (Å²) in [4.78, 5) is 11.0. The van der Waals surface area contributed by atoms with Crippen LogP contribution in [0, 0.1) is 5.41 Å². The van der Waals surface area contributed by atoms with E-state index < -0.39 is 0 Å². The Morgan fingerprint density at radius 3 is 2.72 bits per heavy atom. The van der Waals surface area contributed by atoms with Crippen LogP contribution in [0.25, 0.3) is 0 Å². The third-order valence-corrected chi connectivity index (χ3v) is 5.28. The fraction of sp³-hybridized carbons (Fsp3) is 0.650. The summed E-state index contributed by atoms with van der Waals surface area (Å²) in [6.07, 6.45) is 4.81. The third kappa shape index (κ3) is 5.11. The summed E-state index contributed by atoms with van der Waals surface area (Å²) in [6, 6.07) is 6.37. The predicted octanol–water partition coefficient (Wildman–Crippen LogP) is 3.52. The molecule has 0 aliphatic heterocycles. The molecular weight excluding hydrogens is 318 g/mol. The normalized spacial score (nSPS) is 22.2. The van der Waals surface area contributed by atoms with Gasteiger partial charge in [-0.25, -0.2) is 0 Å². The molecule has 1 aliphatic rings. The van der Waals surface area contributed by atoms with Gasteiger partial charge in [-0.15, -0.1) is 0 Å². The van der Waals surface area contributed by atoms with Crippen molar-refractivity contribution in [2.24, 2.45) is 5.41 Å². The van der Waals surface area contributed by atoms with Crippen molar-refractivity contribution in [2.75, 3.05) is 27.4 Å². The Hall–Kier alpha value is -1.75. The van der Waals surface area contributed by atoms with Gasteiger partial charge in [0.15, 0.2) is 11.5 Å². The van der Waals surface area contributed by atoms with Crippen LogP contribution in [0.4, 0.5) is 0 Å². The van der Waals surface area contributed by atoms with Gasteiger partial charge in [0, 0.05) is 26.2 Å². The maximum Gasteiger partial charge on any atom is 0.207 e. The summed E-state index contributed by atoms with van der Waals surface area (Å²) in [5, 5.41) is 3.01. The van der Waals surface area contributed by atoms with Crippen molar-refractivity contribution in [3.63, 3.8) is 0 Å². The van der Waals surface area contributed by atoms with E-state index in [0.29, 0.717) is 19.1 Å². The number of ether oxygens (including phenoxy) is 3. The highest BCUT2D eigenvalue weighted by Crippen LogP contribution is 2.44. The zero-order chi connectivity index (χ0) is 18.3. The number of hydrogen-bond acceptors (Lipinski definition) is 4. The van der Waals surface area contributed by atoms with Gasteiger partial charge in [-0.3, -0.25) is 4.79 Å². The number of carbonyl (C=O) groups is 1. The van der Waals surface area contributed by atoms with Crippen LogP contribution in [0.2, 0.25) is 0 Å². The summed E-state index contributed by atoms with van der Waals surface area (Å²) in [6.45, 7) is 5.73. The van der Waals surface area contributed by atoms with Crippen LogP contribution < -0.4 is 14.8 Å². The zero-order valence-corrected chi connectivity index (χ0v) is 15.8. The summed E-state index contributed by atoms with van der Waals surface area (Å²) in [7, 11) is 3.35. The Balaban J connectivity index is 2.11. The number of nitrogens with one attached hydrogen (secondary N) is 1. The van der Waals surface area contributed by atoms with E-state index in [-0.39, 0.29) is 11.5 Å². The molecule has 140 valence electrons. The fourth-order valence-corrected chi connectivity index (χ4v) is 3.57. The van der Waals surface area contributed by atoms with E-state index >= 15 is 0 Å². The van der Waals surface area contributed by atoms with Crippen LogP contribution in [0.3, 0.4) is 0 Å². The molecule has 2 atom stereocenters. The summed E-state index contributed by atoms with van der Waals surface area (Å²) < 4.78 is 16.4. The van der Waals surface area contributed by atoms with E-state index in [1.54, 1.807) is 14.2 Å². The number of methoxy groups -OCH3 is 2. The molecule has 25 heavy (non-hydrogen) atoms. The van der Waals surface area contributed by atoms with Gasteiger partial charge in [0.05, 0.1) is 13.7 Å². The molecule has 1 aliphatic carbocycles. The standard InChI is InChI=1S/C20H31NO4/c1-20(2)9-8-16(13-19(20)21-14-22)15-6-7-17(24-4)18(12-15)25-11-5-10-23-3/h6-7,12,14,16,19H,5,8-11,13H2,1-4H3,(H,21,22).